The molecule has 0 radical (unpaired) electrons. The predicted molar refractivity (Wildman–Crippen MR) is 71.1 cm³/mol. The summed E-state index contributed by atoms with van der Waals surface area (Å²) in [5.41, 5.74) is 4.29. The fourth-order valence-corrected chi connectivity index (χ4v) is 2.20. The van der Waals surface area contributed by atoms with Gasteiger partial charge in [0.15, 0.2) is 0 Å². The maximum absolute atomic E-state index is 13.0. The minimum Gasteiger partial charge on any atom is -0.487 e. The third-order valence-corrected chi connectivity index (χ3v) is 3.40. The lowest BCUT2D eigenvalue weighted by molar-refractivity contribution is -0.139. The second-order valence-electron chi connectivity index (χ2n) is 3.99. The number of thiophene rings is 1. The maximum Gasteiger partial charge on any atom is 0.419 e. The molecule has 0 spiro atoms. The monoisotopic (exact) mass is 300 g/mol. The molecule has 0 unspecified atom stereocenters. The molecule has 0 saturated heterocycles. The Morgan fingerprint density at radius 1 is 1.30 bits per heavy atom. The molecule has 1 aromatic heterocycles. The van der Waals surface area contributed by atoms with E-state index in [9.17, 15) is 13.2 Å². The second kappa shape index (κ2) is 5.54. The van der Waals surface area contributed by atoms with Crippen LogP contribution in [0.3, 0.4) is 0 Å². The van der Waals surface area contributed by atoms with E-state index in [1.165, 1.54) is 23.5 Å². The van der Waals surface area contributed by atoms with E-state index in [0.717, 1.165) is 10.9 Å². The van der Waals surface area contributed by atoms with Crippen molar-refractivity contribution in [2.75, 3.05) is 0 Å². The molecule has 0 saturated carbocycles. The molecule has 0 fully saturated rings. The van der Waals surface area contributed by atoms with Gasteiger partial charge in [0.2, 0.25) is 0 Å². The first-order chi connectivity index (χ1) is 9.38. The molecule has 0 aliphatic carbocycles. The Bertz CT molecular complexity index is 609. The van der Waals surface area contributed by atoms with Crippen LogP contribution in [0.5, 0.6) is 5.75 Å². The number of hydrogen-bond donors (Lipinski definition) is 2. The van der Waals surface area contributed by atoms with Crippen molar-refractivity contribution in [2.24, 2.45) is 5.73 Å². The van der Waals surface area contributed by atoms with Crippen molar-refractivity contribution < 1.29 is 17.9 Å². The number of nitrogens with two attached hydrogens (primary N) is 1. The van der Waals surface area contributed by atoms with Gasteiger partial charge in [-0.2, -0.15) is 13.2 Å². The van der Waals surface area contributed by atoms with Crippen LogP contribution in [-0.4, -0.2) is 5.84 Å². The van der Waals surface area contributed by atoms with E-state index < -0.39 is 17.6 Å². The lowest BCUT2D eigenvalue weighted by Gasteiger charge is -2.14. The van der Waals surface area contributed by atoms with E-state index in [4.69, 9.17) is 15.9 Å². The second-order valence-corrected chi connectivity index (χ2v) is 5.02. The molecule has 0 aliphatic rings. The lowest BCUT2D eigenvalue weighted by Crippen LogP contribution is -2.14. The number of benzene rings is 1. The van der Waals surface area contributed by atoms with Gasteiger partial charge in [-0.05, 0) is 29.6 Å². The summed E-state index contributed by atoms with van der Waals surface area (Å²) in [4.78, 5) is 0.828. The molecule has 0 atom stereocenters. The summed E-state index contributed by atoms with van der Waals surface area (Å²) >= 11 is 1.40. The number of amidine groups is 1. The van der Waals surface area contributed by atoms with Gasteiger partial charge in [0.1, 0.15) is 18.2 Å². The van der Waals surface area contributed by atoms with Gasteiger partial charge < -0.3 is 10.5 Å². The van der Waals surface area contributed by atoms with Gasteiger partial charge in [0.25, 0.3) is 0 Å². The van der Waals surface area contributed by atoms with Crippen LogP contribution >= 0.6 is 11.3 Å². The summed E-state index contributed by atoms with van der Waals surface area (Å²) in [6.07, 6.45) is -4.56. The minimum absolute atomic E-state index is 0.0146. The Morgan fingerprint density at radius 2 is 2.05 bits per heavy atom. The van der Waals surface area contributed by atoms with Crippen molar-refractivity contribution in [2.45, 2.75) is 12.8 Å². The smallest absolute Gasteiger partial charge is 0.419 e. The summed E-state index contributed by atoms with van der Waals surface area (Å²) in [6.45, 7) is 0.0696. The third-order valence-electron chi connectivity index (χ3n) is 2.55. The third kappa shape index (κ3) is 3.30. The Hall–Kier alpha value is -2.02. The molecule has 2 aromatic rings. The summed E-state index contributed by atoms with van der Waals surface area (Å²) in [5, 5.41) is 9.02. The molecule has 20 heavy (non-hydrogen) atoms. The highest BCUT2D eigenvalue weighted by Crippen LogP contribution is 2.37. The highest BCUT2D eigenvalue weighted by Gasteiger charge is 2.34. The van der Waals surface area contributed by atoms with Gasteiger partial charge in [-0.15, -0.1) is 11.3 Å². The molecular formula is C13H11F3N2OS. The van der Waals surface area contributed by atoms with Crippen molar-refractivity contribution >= 4 is 17.2 Å². The van der Waals surface area contributed by atoms with Crippen LogP contribution in [0.15, 0.2) is 35.7 Å². The van der Waals surface area contributed by atoms with Gasteiger partial charge in [-0.1, -0.05) is 6.07 Å². The lowest BCUT2D eigenvalue weighted by atomic mass is 10.1. The summed E-state index contributed by atoms with van der Waals surface area (Å²) in [5.74, 6) is -0.684. The molecule has 0 aliphatic heterocycles. The molecule has 3 nitrogen and oxygen atoms in total. The Morgan fingerprint density at radius 3 is 2.60 bits per heavy atom. The van der Waals surface area contributed by atoms with Gasteiger partial charge in [0, 0.05) is 10.4 Å². The zero-order valence-corrected chi connectivity index (χ0v) is 11.0. The van der Waals surface area contributed by atoms with Crippen molar-refractivity contribution in [3.05, 3.63) is 51.7 Å². The average Bonchev–Trinajstić information content (AvgIpc) is 2.88. The van der Waals surface area contributed by atoms with E-state index >= 15 is 0 Å². The number of rotatable bonds is 4. The van der Waals surface area contributed by atoms with Crippen LogP contribution < -0.4 is 10.5 Å². The first-order valence-electron chi connectivity index (χ1n) is 5.59. The summed E-state index contributed by atoms with van der Waals surface area (Å²) in [7, 11) is 0. The van der Waals surface area contributed by atoms with Crippen molar-refractivity contribution in [1.29, 1.82) is 5.41 Å². The average molecular weight is 300 g/mol. The van der Waals surface area contributed by atoms with Gasteiger partial charge in [-0.3, -0.25) is 5.41 Å². The fraction of sp³-hybridized carbons (Fsp3) is 0.154. The first kappa shape index (κ1) is 14.4. The van der Waals surface area contributed by atoms with Gasteiger partial charge >= 0.3 is 6.18 Å². The Kier molecular flexibility index (Phi) is 3.99. The van der Waals surface area contributed by atoms with Crippen molar-refractivity contribution in [1.82, 2.24) is 0 Å². The zero-order chi connectivity index (χ0) is 14.8. The predicted octanol–water partition coefficient (Wildman–Crippen LogP) is 3.63. The molecule has 1 aromatic carbocycles. The van der Waals surface area contributed by atoms with Crippen LogP contribution in [0.25, 0.3) is 0 Å². The van der Waals surface area contributed by atoms with Gasteiger partial charge in [0.05, 0.1) is 5.56 Å². The normalized spacial score (nSPS) is 11.3. The van der Waals surface area contributed by atoms with Crippen LogP contribution in [0.2, 0.25) is 0 Å². The Labute approximate surface area is 117 Å². The van der Waals surface area contributed by atoms with Crippen LogP contribution in [0.4, 0.5) is 13.2 Å². The quantitative estimate of drug-likeness (QED) is 0.669. The summed E-state index contributed by atoms with van der Waals surface area (Å²) in [6, 6.07) is 6.93. The van der Waals surface area contributed by atoms with Crippen LogP contribution in [0.1, 0.15) is 16.0 Å². The molecule has 106 valence electrons. The van der Waals surface area contributed by atoms with Gasteiger partial charge in [-0.25, -0.2) is 0 Å². The highest BCUT2D eigenvalue weighted by atomic mass is 32.1. The minimum atomic E-state index is -4.56. The number of alkyl halides is 3. The number of halogens is 3. The zero-order valence-electron chi connectivity index (χ0n) is 10.2. The topological polar surface area (TPSA) is 59.1 Å². The van der Waals surface area contributed by atoms with Crippen molar-refractivity contribution in [3.8, 4) is 5.75 Å². The van der Waals surface area contributed by atoms with E-state index in [0.29, 0.717) is 0 Å². The molecule has 2 rings (SSSR count). The van der Waals surface area contributed by atoms with E-state index in [1.54, 1.807) is 12.1 Å². The van der Waals surface area contributed by atoms with E-state index in [1.807, 2.05) is 5.38 Å². The van der Waals surface area contributed by atoms with Crippen molar-refractivity contribution in [3.63, 3.8) is 0 Å². The Balaban J connectivity index is 2.29. The molecule has 0 amide bonds. The van der Waals surface area contributed by atoms with Crippen LogP contribution in [-0.2, 0) is 12.8 Å². The maximum atomic E-state index is 13.0. The number of nitrogen functional groups attached to an aromatic ring is 1. The first-order valence-corrected chi connectivity index (χ1v) is 6.46. The summed E-state index contributed by atoms with van der Waals surface area (Å²) < 4.78 is 44.1. The number of ether oxygens (including phenoxy) is 1. The molecule has 7 heteroatoms. The van der Waals surface area contributed by atoms with E-state index in [2.05, 4.69) is 0 Å². The SMILES string of the molecule is N=C(N)c1ccc(OCc2cccs2)c(C(F)(F)F)c1. The molecule has 3 N–H and O–H groups in total. The fourth-order valence-electron chi connectivity index (χ4n) is 1.59. The van der Waals surface area contributed by atoms with E-state index in [-0.39, 0.29) is 17.9 Å². The number of hydrogen-bond acceptors (Lipinski definition) is 3. The standard InChI is InChI=1S/C13H11F3N2OS/c14-13(15,16)10-6-8(12(17)18)3-4-11(10)19-7-9-2-1-5-20-9/h1-6H,7H2,(H3,17,18). The largest absolute Gasteiger partial charge is 0.487 e. The molecule has 0 bridgehead atoms. The highest BCUT2D eigenvalue weighted by molar-refractivity contribution is 7.09. The van der Waals surface area contributed by atoms with Crippen LogP contribution in [0, 0.1) is 5.41 Å². The number of nitrogens with one attached hydrogen (secondary N) is 1. The molecule has 1 heterocycles. The molecular weight excluding hydrogens is 289 g/mol.